The number of hydrogen-bond donors (Lipinski definition) is 1. The highest BCUT2D eigenvalue weighted by atomic mass is 79.9. The molecule has 0 aliphatic heterocycles. The van der Waals surface area contributed by atoms with Crippen molar-refractivity contribution in [3.63, 3.8) is 0 Å². The Morgan fingerprint density at radius 1 is 0.778 bits per heavy atom. The van der Waals surface area contributed by atoms with Gasteiger partial charge in [0.05, 0.1) is 12.5 Å². The molecule has 0 unspecified atom stereocenters. The Morgan fingerprint density at radius 2 is 1.28 bits per heavy atom. The highest BCUT2D eigenvalue weighted by Gasteiger charge is 2.39. The summed E-state index contributed by atoms with van der Waals surface area (Å²) in [6.45, 7) is 0. The van der Waals surface area contributed by atoms with Crippen molar-refractivity contribution in [1.29, 1.82) is 0 Å². The molecule has 5 heteroatoms. The van der Waals surface area contributed by atoms with Crippen LogP contribution in [0.5, 0.6) is 0 Å². The number of carbonyl (C=O) groups excluding carboxylic acids is 2. The summed E-state index contributed by atoms with van der Waals surface area (Å²) in [5.41, 5.74) is 3.17. The van der Waals surface area contributed by atoms with E-state index in [1.807, 2.05) is 115 Å². The SMILES string of the molecule is COC(=O)[C@@H](Cc1cccc(Br)c1)NC(=O)CC(c1ccccc1)(c1ccccc1)c1ccccc1. The predicted octanol–water partition coefficient (Wildman–Crippen LogP) is 6.07. The van der Waals surface area contributed by atoms with Crippen LogP contribution in [0.1, 0.15) is 28.7 Å². The van der Waals surface area contributed by atoms with Gasteiger partial charge in [0.25, 0.3) is 0 Å². The van der Waals surface area contributed by atoms with Gasteiger partial charge >= 0.3 is 5.97 Å². The first kappa shape index (κ1) is 25.4. The Bertz CT molecular complexity index is 1200. The second-order valence-corrected chi connectivity index (χ2v) is 9.57. The van der Waals surface area contributed by atoms with Crippen LogP contribution in [0.25, 0.3) is 0 Å². The van der Waals surface area contributed by atoms with Crippen LogP contribution in [0, 0.1) is 0 Å². The smallest absolute Gasteiger partial charge is 0.328 e. The molecule has 0 fully saturated rings. The van der Waals surface area contributed by atoms with Gasteiger partial charge in [-0.15, -0.1) is 0 Å². The molecule has 36 heavy (non-hydrogen) atoms. The molecule has 4 aromatic rings. The third kappa shape index (κ3) is 5.74. The van der Waals surface area contributed by atoms with Crippen LogP contribution in [0.4, 0.5) is 0 Å². The number of esters is 1. The fourth-order valence-electron chi connectivity index (χ4n) is 4.70. The Hall–Kier alpha value is -3.70. The molecule has 0 aliphatic carbocycles. The molecule has 0 saturated carbocycles. The van der Waals surface area contributed by atoms with E-state index in [4.69, 9.17) is 4.74 Å². The molecule has 0 spiro atoms. The summed E-state index contributed by atoms with van der Waals surface area (Å²) in [5, 5.41) is 2.97. The van der Waals surface area contributed by atoms with Crippen molar-refractivity contribution in [1.82, 2.24) is 5.32 Å². The lowest BCUT2D eigenvalue weighted by Crippen LogP contribution is -2.46. The van der Waals surface area contributed by atoms with Crippen LogP contribution in [-0.2, 0) is 26.2 Å². The molecule has 4 rings (SSSR count). The van der Waals surface area contributed by atoms with E-state index in [0.717, 1.165) is 26.7 Å². The minimum absolute atomic E-state index is 0.122. The lowest BCUT2D eigenvalue weighted by Gasteiger charge is -2.36. The summed E-state index contributed by atoms with van der Waals surface area (Å²) < 4.78 is 5.94. The van der Waals surface area contributed by atoms with Crippen LogP contribution in [0.15, 0.2) is 120 Å². The molecule has 0 aliphatic rings. The monoisotopic (exact) mass is 541 g/mol. The Balaban J connectivity index is 1.73. The normalized spacial score (nSPS) is 11.9. The minimum atomic E-state index is -0.808. The van der Waals surface area contributed by atoms with Crippen LogP contribution in [-0.4, -0.2) is 25.0 Å². The number of halogens is 1. The quantitative estimate of drug-likeness (QED) is 0.206. The van der Waals surface area contributed by atoms with Crippen molar-refractivity contribution >= 4 is 27.8 Å². The zero-order valence-electron chi connectivity index (χ0n) is 20.1. The minimum Gasteiger partial charge on any atom is -0.467 e. The summed E-state index contributed by atoms with van der Waals surface area (Å²) in [6, 6.07) is 37.0. The second kappa shape index (κ2) is 11.8. The molecule has 0 heterocycles. The van der Waals surface area contributed by atoms with E-state index < -0.39 is 17.4 Å². The maximum absolute atomic E-state index is 13.7. The lowest BCUT2D eigenvalue weighted by molar-refractivity contribution is -0.145. The van der Waals surface area contributed by atoms with Gasteiger partial charge in [-0.05, 0) is 34.4 Å². The summed E-state index contributed by atoms with van der Waals surface area (Å²) in [6.07, 6.45) is 0.448. The van der Waals surface area contributed by atoms with Gasteiger partial charge < -0.3 is 10.1 Å². The molecule has 0 saturated heterocycles. The lowest BCUT2D eigenvalue weighted by atomic mass is 9.67. The first-order chi connectivity index (χ1) is 17.5. The van der Waals surface area contributed by atoms with Crippen LogP contribution >= 0.6 is 15.9 Å². The average molecular weight is 542 g/mol. The van der Waals surface area contributed by atoms with Crippen LogP contribution in [0.3, 0.4) is 0 Å². The summed E-state index contributed by atoms with van der Waals surface area (Å²) in [4.78, 5) is 26.4. The second-order valence-electron chi connectivity index (χ2n) is 8.66. The van der Waals surface area contributed by atoms with Crippen molar-refractivity contribution in [3.05, 3.63) is 142 Å². The van der Waals surface area contributed by atoms with Crippen molar-refractivity contribution < 1.29 is 14.3 Å². The molecule has 1 atom stereocenters. The van der Waals surface area contributed by atoms with Gasteiger partial charge in [0, 0.05) is 17.3 Å². The van der Waals surface area contributed by atoms with E-state index >= 15 is 0 Å². The largest absolute Gasteiger partial charge is 0.467 e. The molecular formula is C31H28BrNO3. The zero-order chi connectivity index (χ0) is 25.4. The Kier molecular flexibility index (Phi) is 8.34. The third-order valence-electron chi connectivity index (χ3n) is 6.38. The Morgan fingerprint density at radius 3 is 1.72 bits per heavy atom. The fraction of sp³-hybridized carbons (Fsp3) is 0.161. The van der Waals surface area contributed by atoms with Crippen LogP contribution in [0.2, 0.25) is 0 Å². The maximum atomic E-state index is 13.7. The molecular weight excluding hydrogens is 514 g/mol. The molecule has 4 aromatic carbocycles. The maximum Gasteiger partial charge on any atom is 0.328 e. The molecule has 4 nitrogen and oxygen atoms in total. The molecule has 182 valence electrons. The molecule has 0 bridgehead atoms. The Labute approximate surface area is 220 Å². The van der Waals surface area contributed by atoms with Crippen molar-refractivity contribution in [3.8, 4) is 0 Å². The molecule has 0 aromatic heterocycles. The van der Waals surface area contributed by atoms with Gasteiger partial charge in [-0.2, -0.15) is 0 Å². The van der Waals surface area contributed by atoms with Crippen molar-refractivity contribution in [2.45, 2.75) is 24.3 Å². The van der Waals surface area contributed by atoms with Gasteiger partial charge in [0.15, 0.2) is 0 Å². The first-order valence-corrected chi connectivity index (χ1v) is 12.6. The highest BCUT2D eigenvalue weighted by Crippen LogP contribution is 2.42. The van der Waals surface area contributed by atoms with E-state index in [1.165, 1.54) is 7.11 Å². The average Bonchev–Trinajstić information content (AvgIpc) is 2.92. The third-order valence-corrected chi connectivity index (χ3v) is 6.87. The van der Waals surface area contributed by atoms with E-state index in [-0.39, 0.29) is 12.3 Å². The van der Waals surface area contributed by atoms with E-state index in [1.54, 1.807) is 0 Å². The number of ether oxygens (including phenoxy) is 1. The van der Waals surface area contributed by atoms with Crippen LogP contribution < -0.4 is 5.32 Å². The summed E-state index contributed by atoms with van der Waals surface area (Å²) in [5.74, 6) is -0.718. The fourth-order valence-corrected chi connectivity index (χ4v) is 5.14. The van der Waals surface area contributed by atoms with Crippen molar-refractivity contribution in [2.24, 2.45) is 0 Å². The van der Waals surface area contributed by atoms with Gasteiger partial charge in [-0.25, -0.2) is 4.79 Å². The van der Waals surface area contributed by atoms with Gasteiger partial charge in [-0.1, -0.05) is 119 Å². The predicted molar refractivity (Wildman–Crippen MR) is 146 cm³/mol. The molecule has 1 amide bonds. The number of nitrogens with one attached hydrogen (secondary N) is 1. The standard InChI is InChI=1S/C31H28BrNO3/c1-36-30(35)28(21-23-12-11-19-27(32)20-23)33-29(34)22-31(24-13-5-2-6-14-24,25-15-7-3-8-16-25)26-17-9-4-10-18-26/h2-20,28H,21-22H2,1H3,(H,33,34)/t28-/m1/s1. The highest BCUT2D eigenvalue weighted by molar-refractivity contribution is 9.10. The summed E-state index contributed by atoms with van der Waals surface area (Å²) in [7, 11) is 1.34. The zero-order valence-corrected chi connectivity index (χ0v) is 21.6. The number of methoxy groups -OCH3 is 1. The summed E-state index contributed by atoms with van der Waals surface area (Å²) >= 11 is 3.47. The van der Waals surface area contributed by atoms with Gasteiger partial charge in [-0.3, -0.25) is 4.79 Å². The number of rotatable bonds is 9. The van der Waals surface area contributed by atoms with Gasteiger partial charge in [0.2, 0.25) is 5.91 Å². The molecule has 0 radical (unpaired) electrons. The van der Waals surface area contributed by atoms with Crippen molar-refractivity contribution in [2.75, 3.05) is 7.11 Å². The number of hydrogen-bond acceptors (Lipinski definition) is 3. The first-order valence-electron chi connectivity index (χ1n) is 11.8. The van der Waals surface area contributed by atoms with E-state index in [9.17, 15) is 9.59 Å². The number of amides is 1. The topological polar surface area (TPSA) is 55.4 Å². The number of carbonyl (C=O) groups is 2. The van der Waals surface area contributed by atoms with E-state index in [0.29, 0.717) is 6.42 Å². The number of benzene rings is 4. The van der Waals surface area contributed by atoms with Gasteiger partial charge in [0.1, 0.15) is 6.04 Å². The van der Waals surface area contributed by atoms with E-state index in [2.05, 4.69) is 21.2 Å². The molecule has 1 N–H and O–H groups in total.